The average Bonchev–Trinajstić information content (AvgIpc) is 2.20. The summed E-state index contributed by atoms with van der Waals surface area (Å²) in [7, 11) is 0. The second-order valence-electron chi connectivity index (χ2n) is 30.6. The van der Waals surface area contributed by atoms with Gasteiger partial charge in [0.15, 0.2) is 0 Å². The zero-order valence-corrected chi connectivity index (χ0v) is 53.0. The Morgan fingerprint density at radius 3 is 1.46 bits per heavy atom. The molecular weight excluding hydrogens is 1020 g/mol. The summed E-state index contributed by atoms with van der Waals surface area (Å²) in [6.07, 6.45) is 6.99. The van der Waals surface area contributed by atoms with E-state index < -0.39 is 0 Å². The molecule has 0 amide bonds. The fourth-order valence-electron chi connectivity index (χ4n) is 15.5. The minimum atomic E-state index is -0.0229. The average molecular weight is 1110 g/mol. The third kappa shape index (κ3) is 8.54. The van der Waals surface area contributed by atoms with E-state index in [0.717, 1.165) is 36.3 Å². The minimum absolute atomic E-state index is 0.000754. The summed E-state index contributed by atoms with van der Waals surface area (Å²) >= 11 is 2.07. The van der Waals surface area contributed by atoms with Gasteiger partial charge in [0.05, 0.1) is 11.4 Å². The number of anilines is 9. The highest BCUT2D eigenvalue weighted by Gasteiger charge is 2.50. The molecule has 0 radical (unpaired) electrons. The number of benzene rings is 8. The van der Waals surface area contributed by atoms with Crippen molar-refractivity contribution >= 4 is 95.0 Å². The lowest BCUT2D eigenvalue weighted by molar-refractivity contribution is 0.332. The van der Waals surface area contributed by atoms with Crippen LogP contribution in [-0.2, 0) is 37.9 Å². The van der Waals surface area contributed by atoms with Gasteiger partial charge in [0, 0.05) is 54.7 Å². The fraction of sp³-hybridized carbons (Fsp3) is 0.359. The fourth-order valence-corrected chi connectivity index (χ4v) is 16.9. The van der Waals surface area contributed by atoms with E-state index in [1.54, 1.807) is 0 Å². The van der Waals surface area contributed by atoms with Gasteiger partial charge in [0.25, 0.3) is 6.71 Å². The zero-order valence-electron chi connectivity index (χ0n) is 52.2. The molecule has 3 aliphatic carbocycles. The van der Waals surface area contributed by atoms with Crippen LogP contribution in [-0.4, -0.2) is 6.71 Å². The summed E-state index contributed by atoms with van der Waals surface area (Å²) in [5, 5.41) is 1.37. The third-order valence-corrected chi connectivity index (χ3v) is 22.4. The maximum Gasteiger partial charge on any atom is 0.264 e. The van der Waals surface area contributed by atoms with Crippen molar-refractivity contribution in [1.82, 2.24) is 0 Å². The second kappa shape index (κ2) is 18.3. The van der Waals surface area contributed by atoms with Crippen molar-refractivity contribution in [3.05, 3.63) is 203 Å². The molecule has 0 fully saturated rings. The first kappa shape index (κ1) is 54.1. The van der Waals surface area contributed by atoms with E-state index in [9.17, 15) is 0 Å². The van der Waals surface area contributed by atoms with Gasteiger partial charge in [-0.15, -0.1) is 11.3 Å². The predicted molar refractivity (Wildman–Crippen MR) is 361 cm³/mol. The molecular formula is C78H84BN3S. The van der Waals surface area contributed by atoms with Gasteiger partial charge in [-0.05, 0) is 216 Å². The van der Waals surface area contributed by atoms with Crippen molar-refractivity contribution < 1.29 is 0 Å². The van der Waals surface area contributed by atoms with Crippen molar-refractivity contribution in [2.24, 2.45) is 0 Å². The second-order valence-corrected chi connectivity index (χ2v) is 31.7. The Kier molecular flexibility index (Phi) is 12.0. The van der Waals surface area contributed by atoms with Crippen molar-refractivity contribution in [2.45, 2.75) is 180 Å². The van der Waals surface area contributed by atoms with Crippen LogP contribution in [0.1, 0.15) is 181 Å². The Hall–Kier alpha value is -6.82. The highest BCUT2D eigenvalue weighted by atomic mass is 32.1. The molecule has 8 aromatic carbocycles. The summed E-state index contributed by atoms with van der Waals surface area (Å²) in [6, 6.07) is 64.4. The SMILES string of the molecule is CC(C)(C)c1ccc(N2c3cc(N(c4ccccc4)c4ccc(-c5ccccc5)cc4)cc4c3B(c3cc5c(cc3N4c3ccc4c(c3)C(C)(C)CCC4(C)C)C(C)(C)CCC5(C)C)c3sc4cc5c(cc4c32)C(C)(C)CCC5(C)C)cc1. The molecule has 83 heavy (non-hydrogen) atoms. The molecule has 0 spiro atoms. The van der Waals surface area contributed by atoms with E-state index in [0.29, 0.717) is 0 Å². The van der Waals surface area contributed by atoms with Crippen LogP contribution < -0.4 is 30.4 Å². The van der Waals surface area contributed by atoms with Crippen LogP contribution in [0.15, 0.2) is 164 Å². The summed E-state index contributed by atoms with van der Waals surface area (Å²) in [5.74, 6) is 0. The lowest BCUT2D eigenvalue weighted by Gasteiger charge is -2.48. The molecule has 2 aliphatic heterocycles. The standard InChI is InChI=1S/C78H84BN3S/c1-72(2,3)51-28-32-54(33-29-51)82-67-44-56(80(52-24-20-17-21-25-52)53-30-26-50(27-31-53)49-22-18-16-19-23-49)43-66-69(67)79(71-70(82)57-45-60-63(48-68(57)83-71)78(14,15)41-38-75(60,8)9)64-46-61-62(77(12,13)40-39-76(61,10)11)47-65(64)81(66)55-34-35-58-59(42-55)74(6,7)37-36-73(58,4)5/h16-35,42-48H,36-41H2,1-15H3. The highest BCUT2D eigenvalue weighted by Crippen LogP contribution is 2.57. The van der Waals surface area contributed by atoms with Crippen LogP contribution in [0.3, 0.4) is 0 Å². The molecule has 0 unspecified atom stereocenters. The quantitative estimate of drug-likeness (QED) is 0.154. The van der Waals surface area contributed by atoms with E-state index >= 15 is 0 Å². The molecule has 1 aromatic heterocycles. The molecule has 0 bridgehead atoms. The first-order valence-corrected chi connectivity index (χ1v) is 31.9. The van der Waals surface area contributed by atoms with Gasteiger partial charge in [-0.2, -0.15) is 0 Å². The first-order chi connectivity index (χ1) is 39.2. The van der Waals surface area contributed by atoms with Crippen LogP contribution in [0.2, 0.25) is 0 Å². The van der Waals surface area contributed by atoms with Gasteiger partial charge in [-0.3, -0.25) is 0 Å². The lowest BCUT2D eigenvalue weighted by Crippen LogP contribution is -2.61. The predicted octanol–water partition coefficient (Wildman–Crippen LogP) is 20.5. The number of para-hydroxylation sites is 1. The molecule has 0 saturated carbocycles. The van der Waals surface area contributed by atoms with Gasteiger partial charge in [-0.1, -0.05) is 189 Å². The minimum Gasteiger partial charge on any atom is -0.311 e. The molecule has 420 valence electrons. The number of nitrogens with zero attached hydrogens (tertiary/aromatic N) is 3. The summed E-state index contributed by atoms with van der Waals surface area (Å²) in [4.78, 5) is 7.99. The molecule has 0 saturated heterocycles. The van der Waals surface area contributed by atoms with Gasteiger partial charge in [-0.25, -0.2) is 0 Å². The van der Waals surface area contributed by atoms with Crippen molar-refractivity contribution in [3.63, 3.8) is 0 Å². The highest BCUT2D eigenvalue weighted by molar-refractivity contribution is 7.33. The maximum absolute atomic E-state index is 2.74. The molecule has 0 N–H and O–H groups in total. The Balaban J connectivity index is 1.14. The summed E-state index contributed by atoms with van der Waals surface area (Å²) < 4.78 is 2.83. The Morgan fingerprint density at radius 2 is 0.880 bits per heavy atom. The molecule has 3 heterocycles. The molecule has 5 aliphatic rings. The summed E-state index contributed by atoms with van der Waals surface area (Å²) in [6.45, 7) is 36.9. The van der Waals surface area contributed by atoms with Gasteiger partial charge in [0.2, 0.25) is 0 Å². The molecule has 3 nitrogen and oxygen atoms in total. The van der Waals surface area contributed by atoms with Gasteiger partial charge in [0.1, 0.15) is 0 Å². The number of hydrogen-bond donors (Lipinski definition) is 0. The molecule has 9 aromatic rings. The monoisotopic (exact) mass is 1110 g/mol. The largest absolute Gasteiger partial charge is 0.311 e. The Bertz CT molecular complexity index is 4070. The number of fused-ring (bicyclic) bond motifs is 9. The number of hydrogen-bond acceptors (Lipinski definition) is 4. The Morgan fingerprint density at radius 1 is 0.410 bits per heavy atom. The van der Waals surface area contributed by atoms with E-state index in [1.807, 2.05) is 0 Å². The normalized spacial score (nSPS) is 19.0. The van der Waals surface area contributed by atoms with E-state index in [4.69, 9.17) is 0 Å². The van der Waals surface area contributed by atoms with Crippen LogP contribution in [0, 0.1) is 0 Å². The Labute approximate surface area is 500 Å². The topological polar surface area (TPSA) is 9.72 Å². The van der Waals surface area contributed by atoms with Crippen LogP contribution in [0.25, 0.3) is 21.2 Å². The van der Waals surface area contributed by atoms with Gasteiger partial charge < -0.3 is 14.7 Å². The molecule has 0 atom stereocenters. The van der Waals surface area contributed by atoms with Crippen LogP contribution in [0.5, 0.6) is 0 Å². The lowest BCUT2D eigenvalue weighted by atomic mass is 9.35. The zero-order chi connectivity index (χ0) is 58.1. The maximum atomic E-state index is 2.74. The molecule has 14 rings (SSSR count). The van der Waals surface area contributed by atoms with Crippen LogP contribution >= 0.6 is 11.3 Å². The van der Waals surface area contributed by atoms with Crippen LogP contribution in [0.4, 0.5) is 51.2 Å². The van der Waals surface area contributed by atoms with E-state index in [-0.39, 0.29) is 44.6 Å². The smallest absolute Gasteiger partial charge is 0.264 e. The van der Waals surface area contributed by atoms with E-state index in [1.165, 1.54) is 129 Å². The number of thiophene rings is 1. The summed E-state index contributed by atoms with van der Waals surface area (Å²) in [5.41, 5.74) is 26.7. The van der Waals surface area contributed by atoms with Crippen molar-refractivity contribution in [2.75, 3.05) is 14.7 Å². The van der Waals surface area contributed by atoms with Crippen molar-refractivity contribution in [1.29, 1.82) is 0 Å². The van der Waals surface area contributed by atoms with Crippen molar-refractivity contribution in [3.8, 4) is 11.1 Å². The number of rotatable bonds is 6. The van der Waals surface area contributed by atoms with Gasteiger partial charge >= 0.3 is 0 Å². The molecule has 5 heteroatoms. The van der Waals surface area contributed by atoms with E-state index in [2.05, 4.69) is 294 Å². The first-order valence-electron chi connectivity index (χ1n) is 31.1. The third-order valence-electron chi connectivity index (χ3n) is 21.2.